The highest BCUT2D eigenvalue weighted by atomic mass is 32.1. The van der Waals surface area contributed by atoms with E-state index in [4.69, 9.17) is 5.84 Å². The van der Waals surface area contributed by atoms with Crippen LogP contribution in [0.3, 0.4) is 0 Å². The average Bonchev–Trinajstić information content (AvgIpc) is 2.95. The predicted molar refractivity (Wildman–Crippen MR) is 75.5 cm³/mol. The fourth-order valence-electron chi connectivity index (χ4n) is 1.92. The van der Waals surface area contributed by atoms with Crippen molar-refractivity contribution in [3.63, 3.8) is 0 Å². The summed E-state index contributed by atoms with van der Waals surface area (Å²) < 4.78 is 1.94. The van der Waals surface area contributed by atoms with Crippen LogP contribution in [0.1, 0.15) is 36.4 Å². The summed E-state index contributed by atoms with van der Waals surface area (Å²) in [6.45, 7) is 7.17. The summed E-state index contributed by atoms with van der Waals surface area (Å²) in [6.07, 6.45) is 2.28. The predicted octanol–water partition coefficient (Wildman–Crippen LogP) is 1.45. The van der Waals surface area contributed by atoms with Crippen molar-refractivity contribution in [2.24, 2.45) is 11.8 Å². The number of hydrazine groups is 1. The molecule has 104 valence electrons. The van der Waals surface area contributed by atoms with E-state index in [0.717, 1.165) is 23.1 Å². The van der Waals surface area contributed by atoms with Crippen LogP contribution in [0.2, 0.25) is 0 Å². The minimum atomic E-state index is -0.0277. The number of hydrogen-bond donors (Lipinski definition) is 2. The van der Waals surface area contributed by atoms with E-state index < -0.39 is 0 Å². The second-order valence-corrected chi connectivity index (χ2v) is 6.03. The number of nitrogens with one attached hydrogen (secondary N) is 1. The molecule has 0 amide bonds. The van der Waals surface area contributed by atoms with Gasteiger partial charge in [-0.1, -0.05) is 13.8 Å². The Labute approximate surface area is 117 Å². The number of nitrogens with zero attached hydrogens (tertiary/aromatic N) is 4. The third-order valence-electron chi connectivity index (χ3n) is 2.82. The SMILES string of the molecule is Cc1nc(C(Cc2ncnn2CC(C)C)NN)cs1. The first kappa shape index (κ1) is 14.1. The molecule has 6 nitrogen and oxygen atoms in total. The highest BCUT2D eigenvalue weighted by Crippen LogP contribution is 2.19. The lowest BCUT2D eigenvalue weighted by molar-refractivity contribution is 0.444. The number of rotatable bonds is 6. The molecule has 0 aromatic carbocycles. The molecule has 0 bridgehead atoms. The smallest absolute Gasteiger partial charge is 0.138 e. The minimum absolute atomic E-state index is 0.0277. The van der Waals surface area contributed by atoms with Gasteiger partial charge >= 0.3 is 0 Å². The maximum absolute atomic E-state index is 5.64. The summed E-state index contributed by atoms with van der Waals surface area (Å²) >= 11 is 1.63. The van der Waals surface area contributed by atoms with Gasteiger partial charge in [0.25, 0.3) is 0 Å². The van der Waals surface area contributed by atoms with Crippen molar-refractivity contribution in [3.8, 4) is 0 Å². The number of thiazole rings is 1. The fourth-order valence-corrected chi connectivity index (χ4v) is 2.58. The maximum Gasteiger partial charge on any atom is 0.138 e. The molecule has 2 aromatic heterocycles. The Morgan fingerprint density at radius 3 is 2.84 bits per heavy atom. The van der Waals surface area contributed by atoms with Crippen molar-refractivity contribution in [1.82, 2.24) is 25.2 Å². The Morgan fingerprint density at radius 1 is 1.47 bits per heavy atom. The molecule has 2 rings (SSSR count). The van der Waals surface area contributed by atoms with E-state index in [1.54, 1.807) is 17.7 Å². The Bertz CT molecular complexity index is 518. The van der Waals surface area contributed by atoms with Crippen molar-refractivity contribution in [2.45, 2.75) is 39.8 Å². The van der Waals surface area contributed by atoms with Crippen molar-refractivity contribution in [2.75, 3.05) is 0 Å². The molecule has 0 aliphatic rings. The molecule has 0 saturated carbocycles. The molecular weight excluding hydrogens is 260 g/mol. The Hall–Kier alpha value is -1.31. The lowest BCUT2D eigenvalue weighted by Gasteiger charge is -2.14. The van der Waals surface area contributed by atoms with Gasteiger partial charge in [0, 0.05) is 18.3 Å². The van der Waals surface area contributed by atoms with Crippen LogP contribution in [0.5, 0.6) is 0 Å². The molecule has 0 saturated heterocycles. The minimum Gasteiger partial charge on any atom is -0.271 e. The van der Waals surface area contributed by atoms with Crippen molar-refractivity contribution in [1.29, 1.82) is 0 Å². The van der Waals surface area contributed by atoms with Crippen molar-refractivity contribution < 1.29 is 0 Å². The first-order valence-electron chi connectivity index (χ1n) is 6.35. The van der Waals surface area contributed by atoms with Gasteiger partial charge in [-0.15, -0.1) is 11.3 Å². The summed E-state index contributed by atoms with van der Waals surface area (Å²) in [5.74, 6) is 7.11. The quantitative estimate of drug-likeness (QED) is 0.618. The van der Waals surface area contributed by atoms with Crippen LogP contribution < -0.4 is 11.3 Å². The summed E-state index contributed by atoms with van der Waals surface area (Å²) in [7, 11) is 0. The van der Waals surface area contributed by atoms with Gasteiger partial charge < -0.3 is 0 Å². The van der Waals surface area contributed by atoms with Gasteiger partial charge in [-0.05, 0) is 12.8 Å². The van der Waals surface area contributed by atoms with Crippen LogP contribution in [0, 0.1) is 12.8 Å². The van der Waals surface area contributed by atoms with Crippen LogP contribution in [0.25, 0.3) is 0 Å². The highest BCUT2D eigenvalue weighted by Gasteiger charge is 2.17. The molecule has 1 unspecified atom stereocenters. The molecule has 3 N–H and O–H groups in total. The zero-order chi connectivity index (χ0) is 13.8. The normalized spacial score (nSPS) is 13.1. The maximum atomic E-state index is 5.64. The van der Waals surface area contributed by atoms with Gasteiger partial charge in [0.15, 0.2) is 0 Å². The largest absolute Gasteiger partial charge is 0.271 e. The first-order chi connectivity index (χ1) is 9.10. The van der Waals surface area contributed by atoms with Crippen LogP contribution in [0.15, 0.2) is 11.7 Å². The van der Waals surface area contributed by atoms with Gasteiger partial charge in [-0.3, -0.25) is 11.3 Å². The molecule has 19 heavy (non-hydrogen) atoms. The van der Waals surface area contributed by atoms with Crippen molar-refractivity contribution >= 4 is 11.3 Å². The van der Waals surface area contributed by atoms with E-state index in [9.17, 15) is 0 Å². The molecule has 7 heteroatoms. The van der Waals surface area contributed by atoms with E-state index in [0.29, 0.717) is 12.3 Å². The summed E-state index contributed by atoms with van der Waals surface area (Å²) in [5, 5.41) is 7.33. The standard InChI is InChI=1S/C12H20N6S/c1-8(2)5-18-12(14-7-15-18)4-10(17-13)11-6-19-9(3)16-11/h6-8,10,17H,4-5,13H2,1-3H3. The molecular formula is C12H20N6S. The topological polar surface area (TPSA) is 81.7 Å². The zero-order valence-corrected chi connectivity index (χ0v) is 12.3. The summed E-state index contributed by atoms with van der Waals surface area (Å²) in [5.41, 5.74) is 3.78. The fraction of sp³-hybridized carbons (Fsp3) is 0.583. The summed E-state index contributed by atoms with van der Waals surface area (Å²) in [6, 6.07) is -0.0277. The van der Waals surface area contributed by atoms with Crippen LogP contribution in [0.4, 0.5) is 0 Å². The number of aromatic nitrogens is 4. The highest BCUT2D eigenvalue weighted by molar-refractivity contribution is 7.09. The monoisotopic (exact) mass is 280 g/mol. The second kappa shape index (κ2) is 6.23. The van der Waals surface area contributed by atoms with Crippen molar-refractivity contribution in [3.05, 3.63) is 28.2 Å². The van der Waals surface area contributed by atoms with Crippen LogP contribution in [-0.4, -0.2) is 19.7 Å². The Balaban J connectivity index is 2.12. The van der Waals surface area contributed by atoms with E-state index in [1.165, 1.54) is 0 Å². The summed E-state index contributed by atoms with van der Waals surface area (Å²) in [4.78, 5) is 8.79. The van der Waals surface area contributed by atoms with Gasteiger partial charge in [-0.2, -0.15) is 5.10 Å². The lowest BCUT2D eigenvalue weighted by atomic mass is 10.1. The third-order valence-corrected chi connectivity index (χ3v) is 3.61. The second-order valence-electron chi connectivity index (χ2n) is 4.97. The van der Waals surface area contributed by atoms with Gasteiger partial charge in [0.05, 0.1) is 16.7 Å². The molecule has 2 heterocycles. The molecule has 0 aliphatic heterocycles. The van der Waals surface area contributed by atoms with E-state index in [1.807, 2.05) is 17.0 Å². The van der Waals surface area contributed by atoms with Gasteiger partial charge in [0.1, 0.15) is 12.2 Å². The molecule has 0 radical (unpaired) electrons. The Morgan fingerprint density at radius 2 is 2.26 bits per heavy atom. The number of hydrogen-bond acceptors (Lipinski definition) is 6. The van der Waals surface area contributed by atoms with E-state index >= 15 is 0 Å². The molecule has 2 aromatic rings. The van der Waals surface area contributed by atoms with Gasteiger partial charge in [-0.25, -0.2) is 14.6 Å². The Kier molecular flexibility index (Phi) is 4.62. The van der Waals surface area contributed by atoms with Gasteiger partial charge in [0.2, 0.25) is 0 Å². The van der Waals surface area contributed by atoms with Crippen LogP contribution >= 0.6 is 11.3 Å². The zero-order valence-electron chi connectivity index (χ0n) is 11.5. The lowest BCUT2D eigenvalue weighted by Crippen LogP contribution is -2.31. The molecule has 0 aliphatic carbocycles. The van der Waals surface area contributed by atoms with Crippen LogP contribution in [-0.2, 0) is 13.0 Å². The molecule has 1 atom stereocenters. The van der Waals surface area contributed by atoms with E-state index in [2.05, 4.69) is 34.3 Å². The first-order valence-corrected chi connectivity index (χ1v) is 7.23. The number of nitrogens with two attached hydrogens (primary N) is 1. The third kappa shape index (κ3) is 3.59. The molecule has 0 spiro atoms. The molecule has 0 fully saturated rings. The number of aryl methyl sites for hydroxylation is 1. The average molecular weight is 280 g/mol. The van der Waals surface area contributed by atoms with E-state index in [-0.39, 0.29) is 6.04 Å².